The van der Waals surface area contributed by atoms with Gasteiger partial charge in [0.05, 0.1) is 61.0 Å². The molecule has 38 atom stereocenters. The zero-order valence-corrected chi connectivity index (χ0v) is 51.1. The van der Waals surface area contributed by atoms with E-state index in [2.05, 4.69) is 19.9 Å². The van der Waals surface area contributed by atoms with Crippen LogP contribution in [0.3, 0.4) is 0 Å². The summed E-state index contributed by atoms with van der Waals surface area (Å²) in [6.45, 7) is 14.6. The molecule has 0 spiro atoms. The van der Waals surface area contributed by atoms with Crippen molar-refractivity contribution in [2.75, 3.05) is 6.61 Å². The second-order valence-electron chi connectivity index (χ2n) is 27.2. The molecule has 6 saturated heterocycles. The molecule has 38 unspecified atom stereocenters. The molecule has 15 N–H and O–H groups in total. The monoisotopic (exact) mass is 1270 g/mol. The van der Waals surface area contributed by atoms with Crippen LogP contribution < -0.4 is 0 Å². The maximum Gasteiger partial charge on any atom is 0.397 e. The topological polar surface area (TPSA) is 448 Å². The Morgan fingerprint density at radius 3 is 1.70 bits per heavy atom. The first kappa shape index (κ1) is 68.5. The molecule has 0 amide bonds. The highest BCUT2D eigenvalue weighted by Gasteiger charge is 2.70. The van der Waals surface area contributed by atoms with Crippen LogP contribution in [0.1, 0.15) is 107 Å². The van der Waals surface area contributed by atoms with E-state index in [1.54, 1.807) is 6.92 Å². The van der Waals surface area contributed by atoms with Crippen LogP contribution in [0.25, 0.3) is 0 Å². The summed E-state index contributed by atoms with van der Waals surface area (Å²) in [6.07, 6.45) is -41.6. The van der Waals surface area contributed by atoms with E-state index in [4.69, 9.17) is 56.3 Å². The SMILES string of the molecule is CCC(C)C(O)C1OC2CC3C4CC(OC5OC(C)C(O)C(OC6OC(C)C(OC7OC(CO)C(O)C(O)C7OC7OC(C)C(O)C(O)C7O)C(O)C6OC6OC(C)C(O)C(O)C6O)C5O)C5CC(OS(=O)(=O)O)CCC5(C)C4=CCC3(C)C2C1(C)O. The Morgan fingerprint density at radius 1 is 0.598 bits per heavy atom. The van der Waals surface area contributed by atoms with Gasteiger partial charge in [0, 0.05) is 5.92 Å². The molecule has 0 aromatic rings. The second kappa shape index (κ2) is 25.7. The molecule has 87 heavy (non-hydrogen) atoms. The number of hydrogen-bond acceptors (Lipinski definition) is 28. The predicted molar refractivity (Wildman–Crippen MR) is 291 cm³/mol. The number of ether oxygens (including phenoxy) is 11. The number of rotatable bonds is 16. The average Bonchev–Trinajstić information content (AvgIpc) is 1.60. The molecule has 3 saturated carbocycles. The summed E-state index contributed by atoms with van der Waals surface area (Å²) in [6, 6.07) is 0. The molecular formula is C57H94O29S. The third kappa shape index (κ3) is 12.4. The van der Waals surface area contributed by atoms with Gasteiger partial charge in [0.25, 0.3) is 0 Å². The van der Waals surface area contributed by atoms with Crippen LogP contribution in [0.4, 0.5) is 0 Å². The van der Waals surface area contributed by atoms with Crippen LogP contribution in [-0.2, 0) is 66.7 Å². The molecule has 502 valence electrons. The van der Waals surface area contributed by atoms with Gasteiger partial charge >= 0.3 is 10.4 Å². The van der Waals surface area contributed by atoms with Gasteiger partial charge in [0.2, 0.25) is 0 Å². The summed E-state index contributed by atoms with van der Waals surface area (Å²) in [5.41, 5.74) is -1.49. The first-order valence-corrected chi connectivity index (χ1v) is 32.1. The molecule has 6 aliphatic heterocycles. The van der Waals surface area contributed by atoms with Gasteiger partial charge in [0.15, 0.2) is 31.5 Å². The third-order valence-electron chi connectivity index (χ3n) is 21.7. The average molecular weight is 1280 g/mol. The standard InChI is InChI=1S/C57H94O29S/c1-10-19(2)32(59)49-57(9,71)48-30(79-49)17-27-25-16-29(28-15-24(86-87(72,73)74)11-13-55(28,7)26(25)12-14-56(27,48)8)80-52-43(70)45(35(62)22(5)77-52)83-53-47(85-51-41(68)38(65)34(61)21(4)76-51)42(69)44(23(6)78-53)82-54-46(39(66)36(63)31(18-58)81-54)84-50-40(67)37(64)33(60)20(3)75-50/h12,19-25,27-54,58-71H,10-11,13-18H2,1-9H3,(H,72,73,74). The van der Waals surface area contributed by atoms with E-state index < -0.39 is 223 Å². The Hall–Kier alpha value is -1.39. The smallest absolute Gasteiger partial charge is 0.394 e. The molecule has 0 radical (unpaired) electrons. The highest BCUT2D eigenvalue weighted by Crippen LogP contribution is 2.69. The first-order chi connectivity index (χ1) is 40.7. The maximum absolute atomic E-state index is 12.5. The van der Waals surface area contributed by atoms with Crippen molar-refractivity contribution in [3.8, 4) is 0 Å². The minimum absolute atomic E-state index is 0.0846. The number of fused-ring (bicyclic) bond motifs is 7. The first-order valence-electron chi connectivity index (χ1n) is 30.7. The molecule has 9 fully saturated rings. The van der Waals surface area contributed by atoms with Crippen molar-refractivity contribution >= 4 is 10.4 Å². The van der Waals surface area contributed by atoms with Crippen molar-refractivity contribution in [1.82, 2.24) is 0 Å². The number of hydrogen-bond donors (Lipinski definition) is 15. The van der Waals surface area contributed by atoms with Gasteiger partial charge in [-0.25, -0.2) is 4.18 Å². The maximum atomic E-state index is 12.5. The van der Waals surface area contributed by atoms with E-state index in [-0.39, 0.29) is 36.5 Å². The lowest BCUT2D eigenvalue weighted by molar-refractivity contribution is -0.407. The Morgan fingerprint density at radius 2 is 1.13 bits per heavy atom. The fraction of sp³-hybridized carbons (Fsp3) is 0.965. The predicted octanol–water partition coefficient (Wildman–Crippen LogP) is -3.51. The van der Waals surface area contributed by atoms with Gasteiger partial charge in [0.1, 0.15) is 104 Å². The fourth-order valence-corrected chi connectivity index (χ4v) is 17.1. The van der Waals surface area contributed by atoms with E-state index in [0.29, 0.717) is 32.1 Å². The van der Waals surface area contributed by atoms with E-state index in [0.717, 1.165) is 5.57 Å². The molecule has 30 heteroatoms. The normalized spacial score (nSPS) is 55.3. The van der Waals surface area contributed by atoms with Crippen molar-refractivity contribution in [3.05, 3.63) is 11.6 Å². The van der Waals surface area contributed by atoms with Crippen LogP contribution in [0.15, 0.2) is 11.6 Å². The number of allylic oxidation sites excluding steroid dienone is 2. The van der Waals surface area contributed by atoms with Crippen LogP contribution in [0.5, 0.6) is 0 Å². The minimum atomic E-state index is -4.90. The fourth-order valence-electron chi connectivity index (χ4n) is 16.6. The van der Waals surface area contributed by atoms with E-state index in [1.165, 1.54) is 27.7 Å². The molecule has 0 aromatic carbocycles. The molecule has 0 aromatic heterocycles. The van der Waals surface area contributed by atoms with E-state index >= 15 is 0 Å². The zero-order valence-electron chi connectivity index (χ0n) is 50.3. The second-order valence-corrected chi connectivity index (χ2v) is 28.3. The lowest BCUT2D eigenvalue weighted by Crippen LogP contribution is -2.68. The van der Waals surface area contributed by atoms with E-state index in [9.17, 15) is 84.5 Å². The lowest BCUT2D eigenvalue weighted by atomic mass is 9.47. The van der Waals surface area contributed by atoms with E-state index in [1.807, 2.05) is 13.8 Å². The molecule has 29 nitrogen and oxygen atoms in total. The highest BCUT2D eigenvalue weighted by atomic mass is 32.3. The van der Waals surface area contributed by atoms with Gasteiger partial charge in [-0.05, 0) is 108 Å². The third-order valence-corrected chi connectivity index (χ3v) is 22.3. The van der Waals surface area contributed by atoms with Gasteiger partial charge in [-0.2, -0.15) is 8.42 Å². The Labute approximate surface area is 505 Å². The van der Waals surface area contributed by atoms with Gasteiger partial charge in [-0.15, -0.1) is 0 Å². The van der Waals surface area contributed by atoms with Crippen LogP contribution in [0.2, 0.25) is 0 Å². The molecule has 10 aliphatic rings. The summed E-state index contributed by atoms with van der Waals surface area (Å²) in [4.78, 5) is 0. The van der Waals surface area contributed by atoms with Gasteiger partial charge < -0.3 is 124 Å². The lowest BCUT2D eigenvalue weighted by Gasteiger charge is -2.60. The summed E-state index contributed by atoms with van der Waals surface area (Å²) < 4.78 is 108. The Balaban J connectivity index is 0.930. The van der Waals surface area contributed by atoms with Crippen molar-refractivity contribution in [1.29, 1.82) is 0 Å². The van der Waals surface area contributed by atoms with Crippen molar-refractivity contribution < 1.29 is 141 Å². The quantitative estimate of drug-likeness (QED) is 0.0526. The Kier molecular flexibility index (Phi) is 20.3. The number of aliphatic hydroxyl groups is 14. The minimum Gasteiger partial charge on any atom is -0.394 e. The summed E-state index contributed by atoms with van der Waals surface area (Å²) >= 11 is 0. The molecular weight excluding hydrogens is 1180 g/mol. The summed E-state index contributed by atoms with van der Waals surface area (Å²) in [7, 11) is -4.90. The zero-order chi connectivity index (χ0) is 63.6. The molecule has 4 aliphatic carbocycles. The van der Waals surface area contributed by atoms with Crippen LogP contribution >= 0.6 is 0 Å². The van der Waals surface area contributed by atoms with Gasteiger partial charge in [-0.1, -0.05) is 45.8 Å². The van der Waals surface area contributed by atoms with Crippen molar-refractivity contribution in [2.24, 2.45) is 40.4 Å². The van der Waals surface area contributed by atoms with Crippen molar-refractivity contribution in [3.63, 3.8) is 0 Å². The Bertz CT molecular complexity index is 2500. The summed E-state index contributed by atoms with van der Waals surface area (Å²) in [5, 5.41) is 158. The molecule has 6 heterocycles. The summed E-state index contributed by atoms with van der Waals surface area (Å²) in [5.74, 6) is -1.33. The van der Waals surface area contributed by atoms with Gasteiger partial charge in [-0.3, -0.25) is 4.55 Å². The highest BCUT2D eigenvalue weighted by molar-refractivity contribution is 7.80. The van der Waals surface area contributed by atoms with Crippen LogP contribution in [-0.4, -0.2) is 281 Å². The molecule has 10 rings (SSSR count). The largest absolute Gasteiger partial charge is 0.397 e. The van der Waals surface area contributed by atoms with Crippen molar-refractivity contribution in [2.45, 2.75) is 297 Å². The number of aliphatic hydroxyl groups excluding tert-OH is 13. The van der Waals surface area contributed by atoms with Crippen LogP contribution in [0, 0.1) is 40.4 Å². The molecule has 0 bridgehead atoms.